The van der Waals surface area contributed by atoms with Crippen LogP contribution in [0.4, 0.5) is 0 Å². The van der Waals surface area contributed by atoms with Crippen molar-refractivity contribution in [1.82, 2.24) is 20.5 Å². The van der Waals surface area contributed by atoms with Gasteiger partial charge in [-0.05, 0) is 33.6 Å². The minimum atomic E-state index is -0.253. The molecule has 0 bridgehead atoms. The summed E-state index contributed by atoms with van der Waals surface area (Å²) >= 11 is 0. The Bertz CT molecular complexity index is 373. The molecular weight excluding hydrogens is 192 g/mol. The molecule has 0 atom stereocenters. The molecule has 1 saturated carbocycles. The lowest BCUT2D eigenvalue weighted by Crippen LogP contribution is -2.41. The van der Waals surface area contributed by atoms with Crippen LogP contribution in [0.2, 0.25) is 0 Å². The average Bonchev–Trinajstić information content (AvgIpc) is 2.81. The van der Waals surface area contributed by atoms with E-state index in [0.29, 0.717) is 5.92 Å². The molecule has 5 nitrogen and oxygen atoms in total. The topological polar surface area (TPSA) is 70.7 Å². The minimum Gasteiger partial charge on any atom is -0.345 e. The van der Waals surface area contributed by atoms with E-state index in [-0.39, 0.29) is 17.3 Å². The Morgan fingerprint density at radius 1 is 1.47 bits per heavy atom. The van der Waals surface area contributed by atoms with Crippen LogP contribution in [0.25, 0.3) is 0 Å². The smallest absolute Gasteiger partial charge is 0.291 e. The van der Waals surface area contributed by atoms with E-state index in [2.05, 4.69) is 20.5 Å². The molecule has 0 unspecified atom stereocenters. The van der Waals surface area contributed by atoms with Gasteiger partial charge in [0.05, 0.1) is 0 Å². The van der Waals surface area contributed by atoms with Crippen LogP contribution in [-0.4, -0.2) is 26.6 Å². The van der Waals surface area contributed by atoms with Crippen LogP contribution >= 0.6 is 0 Å². The van der Waals surface area contributed by atoms with Crippen molar-refractivity contribution in [3.8, 4) is 0 Å². The highest BCUT2D eigenvalue weighted by atomic mass is 16.2. The predicted octanol–water partition coefficient (Wildman–Crippen LogP) is 1.21. The van der Waals surface area contributed by atoms with Gasteiger partial charge in [0.25, 0.3) is 5.91 Å². The molecule has 82 valence electrons. The zero-order valence-electron chi connectivity index (χ0n) is 9.29. The molecule has 0 radical (unpaired) electrons. The van der Waals surface area contributed by atoms with Crippen molar-refractivity contribution < 1.29 is 4.79 Å². The summed E-state index contributed by atoms with van der Waals surface area (Å²) in [7, 11) is 0. The first-order valence-corrected chi connectivity index (χ1v) is 5.20. The molecule has 1 fully saturated rings. The summed E-state index contributed by atoms with van der Waals surface area (Å²) in [5, 5.41) is 9.55. The number of nitrogens with one attached hydrogen (secondary N) is 2. The zero-order chi connectivity index (χ0) is 11.1. The van der Waals surface area contributed by atoms with Crippen LogP contribution in [0.1, 0.15) is 56.0 Å². The van der Waals surface area contributed by atoms with E-state index >= 15 is 0 Å². The molecule has 0 aliphatic heterocycles. The van der Waals surface area contributed by atoms with Gasteiger partial charge in [-0.25, -0.2) is 4.98 Å². The fourth-order valence-corrected chi connectivity index (χ4v) is 1.31. The Hall–Kier alpha value is -1.39. The van der Waals surface area contributed by atoms with Crippen LogP contribution in [0, 0.1) is 0 Å². The number of rotatable bonds is 2. The number of amides is 1. The normalized spacial score (nSPS) is 16.5. The number of carbonyl (C=O) groups excluding carboxylic acids is 1. The fraction of sp³-hybridized carbons (Fsp3) is 0.700. The van der Waals surface area contributed by atoms with Gasteiger partial charge in [0.15, 0.2) is 0 Å². The third-order valence-electron chi connectivity index (χ3n) is 2.16. The Labute approximate surface area is 88.7 Å². The lowest BCUT2D eigenvalue weighted by Gasteiger charge is -2.18. The summed E-state index contributed by atoms with van der Waals surface area (Å²) in [4.78, 5) is 15.8. The SMILES string of the molecule is CC(C)(C)NC(=O)c1n[nH]c(C2CC2)n1. The van der Waals surface area contributed by atoms with Crippen molar-refractivity contribution in [2.24, 2.45) is 0 Å². The third-order valence-corrected chi connectivity index (χ3v) is 2.16. The highest BCUT2D eigenvalue weighted by Crippen LogP contribution is 2.37. The summed E-state index contributed by atoms with van der Waals surface area (Å²) in [6, 6.07) is 0. The van der Waals surface area contributed by atoms with Crippen molar-refractivity contribution in [3.05, 3.63) is 11.6 Å². The first kappa shape index (κ1) is 10.1. The van der Waals surface area contributed by atoms with E-state index in [1.54, 1.807) is 0 Å². The number of nitrogens with zero attached hydrogens (tertiary/aromatic N) is 2. The van der Waals surface area contributed by atoms with Crippen molar-refractivity contribution in [2.45, 2.75) is 45.1 Å². The summed E-state index contributed by atoms with van der Waals surface area (Å²) < 4.78 is 0. The number of H-pyrrole nitrogens is 1. The van der Waals surface area contributed by atoms with Crippen molar-refractivity contribution in [3.63, 3.8) is 0 Å². The van der Waals surface area contributed by atoms with E-state index in [1.165, 1.54) is 0 Å². The molecule has 2 rings (SSSR count). The molecule has 0 spiro atoms. The van der Waals surface area contributed by atoms with Gasteiger partial charge in [-0.2, -0.15) is 0 Å². The Morgan fingerprint density at radius 2 is 2.13 bits per heavy atom. The Kier molecular flexibility index (Phi) is 2.25. The van der Waals surface area contributed by atoms with Gasteiger partial charge < -0.3 is 5.32 Å². The van der Waals surface area contributed by atoms with E-state index in [0.717, 1.165) is 18.7 Å². The quantitative estimate of drug-likeness (QED) is 0.767. The molecule has 1 aromatic rings. The molecule has 1 aliphatic carbocycles. The number of hydrogen-bond donors (Lipinski definition) is 2. The van der Waals surface area contributed by atoms with Crippen LogP contribution < -0.4 is 5.32 Å². The molecule has 1 heterocycles. The number of carbonyl (C=O) groups is 1. The second-order valence-corrected chi connectivity index (χ2v) is 5.02. The van der Waals surface area contributed by atoms with Gasteiger partial charge in [-0.1, -0.05) is 0 Å². The average molecular weight is 208 g/mol. The minimum absolute atomic E-state index is 0.217. The van der Waals surface area contributed by atoms with Crippen LogP contribution in [-0.2, 0) is 0 Å². The molecular formula is C10H16N4O. The summed E-state index contributed by atoms with van der Waals surface area (Å²) in [5.74, 6) is 1.36. The molecule has 5 heteroatoms. The maximum absolute atomic E-state index is 11.7. The molecule has 1 aromatic heterocycles. The van der Waals surface area contributed by atoms with Gasteiger partial charge in [-0.3, -0.25) is 9.89 Å². The van der Waals surface area contributed by atoms with Crippen molar-refractivity contribution in [2.75, 3.05) is 0 Å². The van der Waals surface area contributed by atoms with Crippen molar-refractivity contribution >= 4 is 5.91 Å². The second kappa shape index (κ2) is 3.32. The Morgan fingerprint density at radius 3 is 2.67 bits per heavy atom. The van der Waals surface area contributed by atoms with Gasteiger partial charge in [0.1, 0.15) is 5.82 Å². The second-order valence-electron chi connectivity index (χ2n) is 5.02. The molecule has 15 heavy (non-hydrogen) atoms. The van der Waals surface area contributed by atoms with Crippen LogP contribution in [0.15, 0.2) is 0 Å². The van der Waals surface area contributed by atoms with Crippen molar-refractivity contribution in [1.29, 1.82) is 0 Å². The van der Waals surface area contributed by atoms with Gasteiger partial charge in [-0.15, -0.1) is 5.10 Å². The lowest BCUT2D eigenvalue weighted by atomic mass is 10.1. The maximum Gasteiger partial charge on any atom is 0.291 e. The van der Waals surface area contributed by atoms with E-state index in [1.807, 2.05) is 20.8 Å². The maximum atomic E-state index is 11.7. The monoisotopic (exact) mass is 208 g/mol. The molecule has 2 N–H and O–H groups in total. The van der Waals surface area contributed by atoms with E-state index in [9.17, 15) is 4.79 Å². The molecule has 1 amide bonds. The number of aromatic amines is 1. The van der Waals surface area contributed by atoms with E-state index in [4.69, 9.17) is 0 Å². The summed E-state index contributed by atoms with van der Waals surface area (Å²) in [6.07, 6.45) is 2.30. The fourth-order valence-electron chi connectivity index (χ4n) is 1.31. The summed E-state index contributed by atoms with van der Waals surface area (Å²) in [6.45, 7) is 5.79. The largest absolute Gasteiger partial charge is 0.345 e. The van der Waals surface area contributed by atoms with Gasteiger partial charge >= 0.3 is 0 Å². The molecule has 1 aliphatic rings. The van der Waals surface area contributed by atoms with Gasteiger partial charge in [0, 0.05) is 11.5 Å². The number of hydrogen-bond acceptors (Lipinski definition) is 3. The zero-order valence-corrected chi connectivity index (χ0v) is 9.29. The molecule has 0 saturated heterocycles. The predicted molar refractivity (Wildman–Crippen MR) is 55.6 cm³/mol. The lowest BCUT2D eigenvalue weighted by molar-refractivity contribution is 0.0909. The van der Waals surface area contributed by atoms with Gasteiger partial charge in [0.2, 0.25) is 5.82 Å². The van der Waals surface area contributed by atoms with E-state index < -0.39 is 0 Å². The van der Waals surface area contributed by atoms with Crippen LogP contribution in [0.5, 0.6) is 0 Å². The third kappa shape index (κ3) is 2.55. The van der Waals surface area contributed by atoms with Crippen LogP contribution in [0.3, 0.4) is 0 Å². The summed E-state index contributed by atoms with van der Waals surface area (Å²) in [5.41, 5.74) is -0.253. The Balaban J connectivity index is 2.05. The number of aromatic nitrogens is 3. The first-order valence-electron chi connectivity index (χ1n) is 5.20. The highest BCUT2D eigenvalue weighted by Gasteiger charge is 2.28. The molecule has 0 aromatic carbocycles. The highest BCUT2D eigenvalue weighted by molar-refractivity contribution is 5.90. The first-order chi connectivity index (χ1) is 6.96. The standard InChI is InChI=1S/C10H16N4O/c1-10(2,3)12-9(15)8-11-7(13-14-8)6-4-5-6/h6H,4-5H2,1-3H3,(H,12,15)(H,11,13,14).